The first kappa shape index (κ1) is 14.9. The van der Waals surface area contributed by atoms with Crippen molar-refractivity contribution in [2.75, 3.05) is 0 Å². The number of benzene rings is 2. The third-order valence-electron chi connectivity index (χ3n) is 3.13. The van der Waals surface area contributed by atoms with E-state index in [1.165, 1.54) is 11.3 Å². The van der Waals surface area contributed by atoms with E-state index in [4.69, 9.17) is 0 Å². The van der Waals surface area contributed by atoms with Gasteiger partial charge >= 0.3 is 0 Å². The second-order valence-corrected chi connectivity index (χ2v) is 6.59. The molecule has 1 aromatic heterocycles. The lowest BCUT2D eigenvalue weighted by atomic mass is 10.1. The summed E-state index contributed by atoms with van der Waals surface area (Å²) in [5, 5.41) is 12.5. The lowest BCUT2D eigenvalue weighted by Gasteiger charge is -1.99. The summed E-state index contributed by atoms with van der Waals surface area (Å²) in [5.41, 5.74) is 3.66. The predicted molar refractivity (Wildman–Crippen MR) is 95.3 cm³/mol. The third kappa shape index (κ3) is 3.43. The number of hydrogen-bond donors (Lipinski definition) is 1. The van der Waals surface area contributed by atoms with E-state index in [1.807, 2.05) is 48.7 Å². The zero-order valence-electron chi connectivity index (χ0n) is 11.8. The molecule has 5 heteroatoms. The number of halogens is 1. The standard InChI is InChI=1S/C17H13BrN2OS/c1-11-2-3-13(16(21)8-11)9-19-17-20-15(10-22-17)12-4-6-14(18)7-5-12/h2-10,21H,1H3/b19-9+. The fourth-order valence-corrected chi connectivity index (χ4v) is 2.90. The van der Waals surface area contributed by atoms with Gasteiger partial charge in [0, 0.05) is 27.2 Å². The van der Waals surface area contributed by atoms with Crippen LogP contribution in [0.2, 0.25) is 0 Å². The first-order valence-corrected chi connectivity index (χ1v) is 8.34. The zero-order chi connectivity index (χ0) is 15.5. The van der Waals surface area contributed by atoms with Crippen LogP contribution in [0.15, 0.2) is 57.3 Å². The molecule has 0 amide bonds. The summed E-state index contributed by atoms with van der Waals surface area (Å²) >= 11 is 4.90. The average molecular weight is 373 g/mol. The number of aryl methyl sites for hydroxylation is 1. The first-order chi connectivity index (χ1) is 10.6. The molecule has 0 unspecified atom stereocenters. The van der Waals surface area contributed by atoms with Crippen LogP contribution >= 0.6 is 27.3 Å². The molecule has 0 fully saturated rings. The molecule has 3 aromatic rings. The van der Waals surface area contributed by atoms with Gasteiger partial charge in [0.1, 0.15) is 5.75 Å². The minimum absolute atomic E-state index is 0.230. The Morgan fingerprint density at radius 1 is 1.18 bits per heavy atom. The molecule has 3 nitrogen and oxygen atoms in total. The Hall–Kier alpha value is -1.98. The highest BCUT2D eigenvalue weighted by atomic mass is 79.9. The number of aromatic nitrogens is 1. The molecule has 0 aliphatic rings. The van der Waals surface area contributed by atoms with Gasteiger partial charge in [0.2, 0.25) is 5.13 Å². The van der Waals surface area contributed by atoms with Gasteiger partial charge in [-0.05, 0) is 36.8 Å². The highest BCUT2D eigenvalue weighted by Crippen LogP contribution is 2.28. The number of aliphatic imine (C=N–C) groups is 1. The van der Waals surface area contributed by atoms with Crippen LogP contribution in [0.1, 0.15) is 11.1 Å². The zero-order valence-corrected chi connectivity index (χ0v) is 14.2. The Bertz CT molecular complexity index is 825. The lowest BCUT2D eigenvalue weighted by molar-refractivity contribution is 0.474. The number of phenols is 1. The van der Waals surface area contributed by atoms with Crippen molar-refractivity contribution in [2.45, 2.75) is 6.92 Å². The first-order valence-electron chi connectivity index (χ1n) is 6.67. The fraction of sp³-hybridized carbons (Fsp3) is 0.0588. The van der Waals surface area contributed by atoms with E-state index in [-0.39, 0.29) is 5.75 Å². The minimum atomic E-state index is 0.230. The molecule has 3 rings (SSSR count). The summed E-state index contributed by atoms with van der Waals surface area (Å²) in [6.07, 6.45) is 1.64. The molecule has 1 N–H and O–H groups in total. The van der Waals surface area contributed by atoms with Crippen molar-refractivity contribution < 1.29 is 5.11 Å². The molecule has 2 aromatic carbocycles. The SMILES string of the molecule is Cc1ccc(/C=N/c2nc(-c3ccc(Br)cc3)cs2)c(O)c1. The van der Waals surface area contributed by atoms with Gasteiger partial charge < -0.3 is 5.11 Å². The van der Waals surface area contributed by atoms with Crippen molar-refractivity contribution in [3.8, 4) is 17.0 Å². The number of aromatic hydroxyl groups is 1. The van der Waals surface area contributed by atoms with E-state index >= 15 is 0 Å². The summed E-state index contributed by atoms with van der Waals surface area (Å²) < 4.78 is 1.04. The number of phenolic OH excluding ortho intramolecular Hbond substituents is 1. The molecule has 0 saturated heterocycles. The number of hydrogen-bond acceptors (Lipinski definition) is 4. The number of nitrogens with zero attached hydrogens (tertiary/aromatic N) is 2. The van der Waals surface area contributed by atoms with Crippen molar-refractivity contribution >= 4 is 38.6 Å². The van der Waals surface area contributed by atoms with Crippen LogP contribution < -0.4 is 0 Å². The number of rotatable bonds is 3. The molecule has 110 valence electrons. The van der Waals surface area contributed by atoms with E-state index in [1.54, 1.807) is 12.3 Å². The molecular formula is C17H13BrN2OS. The molecule has 0 saturated carbocycles. The van der Waals surface area contributed by atoms with Crippen LogP contribution in [0.25, 0.3) is 11.3 Å². The van der Waals surface area contributed by atoms with Crippen LogP contribution in [0.3, 0.4) is 0 Å². The van der Waals surface area contributed by atoms with Crippen LogP contribution in [0, 0.1) is 6.92 Å². The van der Waals surface area contributed by atoms with E-state index in [9.17, 15) is 5.11 Å². The van der Waals surface area contributed by atoms with Gasteiger partial charge in [0.05, 0.1) is 5.69 Å². The molecule has 0 spiro atoms. The van der Waals surface area contributed by atoms with Crippen molar-refractivity contribution in [3.05, 3.63) is 63.4 Å². The molecular weight excluding hydrogens is 360 g/mol. The van der Waals surface area contributed by atoms with E-state index in [0.717, 1.165) is 21.3 Å². The maximum atomic E-state index is 9.87. The van der Waals surface area contributed by atoms with Crippen molar-refractivity contribution in [1.82, 2.24) is 4.98 Å². The van der Waals surface area contributed by atoms with Gasteiger partial charge in [0.25, 0.3) is 0 Å². The van der Waals surface area contributed by atoms with Gasteiger partial charge in [-0.15, -0.1) is 11.3 Å². The molecule has 22 heavy (non-hydrogen) atoms. The smallest absolute Gasteiger partial charge is 0.209 e. The van der Waals surface area contributed by atoms with Crippen molar-refractivity contribution in [2.24, 2.45) is 4.99 Å². The Morgan fingerprint density at radius 3 is 2.68 bits per heavy atom. The largest absolute Gasteiger partial charge is 0.507 e. The highest BCUT2D eigenvalue weighted by Gasteiger charge is 2.04. The van der Waals surface area contributed by atoms with Gasteiger partial charge in [-0.1, -0.05) is 34.1 Å². The molecule has 1 heterocycles. The molecule has 0 aliphatic heterocycles. The normalized spacial score (nSPS) is 11.2. The second kappa shape index (κ2) is 6.42. The summed E-state index contributed by atoms with van der Waals surface area (Å²) in [6, 6.07) is 13.5. The predicted octanol–water partition coefficient (Wildman–Crippen LogP) is 5.34. The van der Waals surface area contributed by atoms with Gasteiger partial charge in [0.15, 0.2) is 0 Å². The van der Waals surface area contributed by atoms with Crippen molar-refractivity contribution in [1.29, 1.82) is 0 Å². The molecule has 0 radical (unpaired) electrons. The van der Waals surface area contributed by atoms with Gasteiger partial charge in [-0.25, -0.2) is 9.98 Å². The van der Waals surface area contributed by atoms with Crippen LogP contribution in [-0.4, -0.2) is 16.3 Å². The van der Waals surface area contributed by atoms with Gasteiger partial charge in [-0.2, -0.15) is 0 Å². The monoisotopic (exact) mass is 372 g/mol. The molecule has 0 aliphatic carbocycles. The van der Waals surface area contributed by atoms with E-state index in [2.05, 4.69) is 25.9 Å². The fourth-order valence-electron chi connectivity index (χ4n) is 1.96. The van der Waals surface area contributed by atoms with Gasteiger partial charge in [-0.3, -0.25) is 0 Å². The molecule has 0 atom stereocenters. The second-order valence-electron chi connectivity index (χ2n) is 4.84. The lowest BCUT2D eigenvalue weighted by Crippen LogP contribution is -1.83. The minimum Gasteiger partial charge on any atom is -0.507 e. The van der Waals surface area contributed by atoms with Crippen molar-refractivity contribution in [3.63, 3.8) is 0 Å². The Labute approximate surface area is 141 Å². The number of thiazole rings is 1. The van der Waals surface area contributed by atoms with E-state index in [0.29, 0.717) is 10.7 Å². The third-order valence-corrected chi connectivity index (χ3v) is 4.41. The Balaban J connectivity index is 1.82. The van der Waals surface area contributed by atoms with E-state index < -0.39 is 0 Å². The van der Waals surface area contributed by atoms with Crippen LogP contribution in [-0.2, 0) is 0 Å². The highest BCUT2D eigenvalue weighted by molar-refractivity contribution is 9.10. The average Bonchev–Trinajstić information content (AvgIpc) is 2.96. The quantitative estimate of drug-likeness (QED) is 0.630. The topological polar surface area (TPSA) is 45.5 Å². The summed E-state index contributed by atoms with van der Waals surface area (Å²) in [4.78, 5) is 8.84. The summed E-state index contributed by atoms with van der Waals surface area (Å²) in [5.74, 6) is 0.230. The maximum Gasteiger partial charge on any atom is 0.209 e. The maximum absolute atomic E-state index is 9.87. The molecule has 0 bridgehead atoms. The summed E-state index contributed by atoms with van der Waals surface area (Å²) in [7, 11) is 0. The van der Waals surface area contributed by atoms with Crippen LogP contribution in [0.5, 0.6) is 5.75 Å². The Kier molecular flexibility index (Phi) is 4.36. The van der Waals surface area contributed by atoms with Crippen LogP contribution in [0.4, 0.5) is 5.13 Å². The Morgan fingerprint density at radius 2 is 1.95 bits per heavy atom. The summed E-state index contributed by atoms with van der Waals surface area (Å²) in [6.45, 7) is 1.94.